The highest BCUT2D eigenvalue weighted by Gasteiger charge is 2.34. The number of nitrogens with one attached hydrogen (secondary N) is 1. The zero-order chi connectivity index (χ0) is 23.8. The Morgan fingerprint density at radius 3 is 2.76 bits per heavy atom. The van der Waals surface area contributed by atoms with Crippen LogP contribution in [0.1, 0.15) is 38.3 Å². The topological polar surface area (TPSA) is 64.0 Å². The molecule has 2 aromatic heterocycles. The van der Waals surface area contributed by atoms with Crippen LogP contribution in [-0.4, -0.2) is 22.0 Å². The zero-order valence-corrected chi connectivity index (χ0v) is 18.5. The largest absolute Gasteiger partial charge is 0.416 e. The van der Waals surface area contributed by atoms with Gasteiger partial charge >= 0.3 is 6.18 Å². The molecule has 1 amide bonds. The number of carbonyl (C=O) groups excluding carboxylic acids is 1. The molecular formula is C24H20F3N3O2S. The Morgan fingerprint density at radius 2 is 2.09 bits per heavy atom. The summed E-state index contributed by atoms with van der Waals surface area (Å²) in [7, 11) is 0. The van der Waals surface area contributed by atoms with Gasteiger partial charge in [0, 0.05) is 41.5 Å². The number of rotatable bonds is 4. The van der Waals surface area contributed by atoms with E-state index in [9.17, 15) is 22.8 Å². The fourth-order valence-electron chi connectivity index (χ4n) is 3.89. The maximum atomic E-state index is 13.5. The van der Waals surface area contributed by atoms with Crippen molar-refractivity contribution in [1.82, 2.24) is 14.9 Å². The summed E-state index contributed by atoms with van der Waals surface area (Å²) in [6, 6.07) is 10.2. The van der Waals surface area contributed by atoms with E-state index in [0.717, 1.165) is 12.1 Å². The van der Waals surface area contributed by atoms with E-state index >= 15 is 0 Å². The van der Waals surface area contributed by atoms with Crippen LogP contribution in [-0.2, 0) is 12.6 Å². The first-order chi connectivity index (χ1) is 15.7. The number of thioether (sulfide) groups is 1. The van der Waals surface area contributed by atoms with Gasteiger partial charge in [-0.05, 0) is 37.3 Å². The first-order valence-corrected chi connectivity index (χ1v) is 11.0. The molecule has 0 saturated heterocycles. The second-order valence-corrected chi connectivity index (χ2v) is 8.80. The lowest BCUT2D eigenvalue weighted by Gasteiger charge is -2.20. The summed E-state index contributed by atoms with van der Waals surface area (Å²) in [5.74, 6) is -0.594. The Bertz CT molecular complexity index is 1290. The Labute approximate surface area is 192 Å². The number of pyridine rings is 2. The van der Waals surface area contributed by atoms with Crippen LogP contribution in [0.25, 0.3) is 5.69 Å². The average Bonchev–Trinajstić information content (AvgIpc) is 2.94. The predicted octanol–water partition coefficient (Wildman–Crippen LogP) is 4.87. The third kappa shape index (κ3) is 4.45. The van der Waals surface area contributed by atoms with Crippen molar-refractivity contribution in [1.29, 1.82) is 0 Å². The number of carbonyl (C=O) groups is 1. The standard InChI is InChI=1S/C24H20F3N3O2S/c1-3-9-29-23(32)22-18-13-21(16-6-4-5-10-28-16)33-20-8-7-15(24(25,26)27)12-17(20)30(18)14(2)11-19(22)31/h3-8,10-12,21H,1,9,13H2,2H3,(H,29,32)/t21-/m1/s1. The number of hydrogen-bond acceptors (Lipinski definition) is 4. The smallest absolute Gasteiger partial charge is 0.348 e. The van der Waals surface area contributed by atoms with Crippen molar-refractivity contribution in [3.8, 4) is 5.69 Å². The van der Waals surface area contributed by atoms with Crippen molar-refractivity contribution in [2.45, 2.75) is 29.7 Å². The minimum Gasteiger partial charge on any atom is -0.348 e. The normalized spacial score (nSPS) is 15.2. The Morgan fingerprint density at radius 1 is 1.30 bits per heavy atom. The summed E-state index contributed by atoms with van der Waals surface area (Å²) >= 11 is 1.36. The molecule has 0 saturated carbocycles. The van der Waals surface area contributed by atoms with Crippen LogP contribution < -0.4 is 10.7 Å². The van der Waals surface area contributed by atoms with E-state index in [1.807, 2.05) is 12.1 Å². The fourth-order valence-corrected chi connectivity index (χ4v) is 5.11. The fraction of sp³-hybridized carbons (Fsp3) is 0.208. The lowest BCUT2D eigenvalue weighted by molar-refractivity contribution is -0.137. The minimum atomic E-state index is -4.54. The van der Waals surface area contributed by atoms with Gasteiger partial charge in [0.15, 0.2) is 5.43 Å². The van der Waals surface area contributed by atoms with E-state index in [-0.39, 0.29) is 29.5 Å². The Kier molecular flexibility index (Phi) is 6.16. The van der Waals surface area contributed by atoms with Crippen molar-refractivity contribution in [3.63, 3.8) is 0 Å². The van der Waals surface area contributed by atoms with Crippen LogP contribution in [0.2, 0.25) is 0 Å². The van der Waals surface area contributed by atoms with Gasteiger partial charge in [-0.25, -0.2) is 0 Å². The number of alkyl halides is 3. The number of aryl methyl sites for hydroxylation is 1. The molecular weight excluding hydrogens is 451 g/mol. The highest BCUT2D eigenvalue weighted by atomic mass is 32.2. The molecule has 4 rings (SSSR count). The highest BCUT2D eigenvalue weighted by molar-refractivity contribution is 7.99. The summed E-state index contributed by atoms with van der Waals surface area (Å²) in [5, 5.41) is 2.30. The molecule has 1 N–H and O–H groups in total. The molecule has 0 bridgehead atoms. The molecule has 1 aliphatic rings. The molecule has 0 radical (unpaired) electrons. The second kappa shape index (κ2) is 8.90. The molecule has 0 aliphatic carbocycles. The van der Waals surface area contributed by atoms with Gasteiger partial charge in [0.1, 0.15) is 5.56 Å². The molecule has 1 atom stereocenters. The molecule has 33 heavy (non-hydrogen) atoms. The summed E-state index contributed by atoms with van der Waals surface area (Å²) in [6.45, 7) is 5.36. The molecule has 0 fully saturated rings. The zero-order valence-electron chi connectivity index (χ0n) is 17.6. The van der Waals surface area contributed by atoms with Gasteiger partial charge in [0.25, 0.3) is 5.91 Å². The molecule has 170 valence electrons. The second-order valence-electron chi connectivity index (χ2n) is 7.55. The van der Waals surface area contributed by atoms with Crippen molar-refractivity contribution in [2.24, 2.45) is 0 Å². The third-order valence-corrected chi connectivity index (χ3v) is 6.62. The van der Waals surface area contributed by atoms with Crippen LogP contribution in [0.5, 0.6) is 0 Å². The first kappa shape index (κ1) is 22.8. The Hall–Kier alpha value is -3.33. The van der Waals surface area contributed by atoms with Crippen LogP contribution in [0.15, 0.2) is 71.0 Å². The molecule has 9 heteroatoms. The predicted molar refractivity (Wildman–Crippen MR) is 121 cm³/mol. The van der Waals surface area contributed by atoms with E-state index in [0.29, 0.717) is 22.0 Å². The van der Waals surface area contributed by atoms with Crippen molar-refractivity contribution in [3.05, 3.63) is 99.7 Å². The quantitative estimate of drug-likeness (QED) is 0.552. The van der Waals surface area contributed by atoms with Gasteiger partial charge in [0.05, 0.1) is 22.2 Å². The van der Waals surface area contributed by atoms with Gasteiger partial charge in [-0.15, -0.1) is 18.3 Å². The molecule has 0 spiro atoms. The molecule has 3 aromatic rings. The van der Waals surface area contributed by atoms with Crippen LogP contribution in [0.3, 0.4) is 0 Å². The Balaban J connectivity index is 2.01. The summed E-state index contributed by atoms with van der Waals surface area (Å²) in [5.41, 5.74) is 0.391. The highest BCUT2D eigenvalue weighted by Crippen LogP contribution is 2.45. The average molecular weight is 472 g/mol. The van der Waals surface area contributed by atoms with E-state index in [1.54, 1.807) is 23.8 Å². The number of halogens is 3. The van der Waals surface area contributed by atoms with Crippen molar-refractivity contribution < 1.29 is 18.0 Å². The number of aromatic nitrogens is 2. The van der Waals surface area contributed by atoms with E-state index in [4.69, 9.17) is 0 Å². The number of benzene rings is 1. The van der Waals surface area contributed by atoms with Gasteiger partial charge in [-0.2, -0.15) is 13.2 Å². The maximum absolute atomic E-state index is 13.5. The number of nitrogens with zero attached hydrogens (tertiary/aromatic N) is 2. The number of amides is 1. The minimum absolute atomic E-state index is 0.0887. The van der Waals surface area contributed by atoms with E-state index in [1.165, 1.54) is 30.0 Å². The molecule has 5 nitrogen and oxygen atoms in total. The SMILES string of the molecule is C=CCNC(=O)c1c2n(c(C)cc1=O)-c1cc(C(F)(F)F)ccc1S[C@@H](c1ccccn1)C2. The van der Waals surface area contributed by atoms with Crippen molar-refractivity contribution in [2.75, 3.05) is 6.54 Å². The van der Waals surface area contributed by atoms with Crippen LogP contribution in [0.4, 0.5) is 13.2 Å². The van der Waals surface area contributed by atoms with Crippen LogP contribution in [0, 0.1) is 6.92 Å². The maximum Gasteiger partial charge on any atom is 0.416 e. The van der Waals surface area contributed by atoms with Gasteiger partial charge < -0.3 is 9.88 Å². The van der Waals surface area contributed by atoms with Gasteiger partial charge in [-0.3, -0.25) is 14.6 Å². The van der Waals surface area contributed by atoms with E-state index < -0.39 is 23.1 Å². The first-order valence-electron chi connectivity index (χ1n) is 10.1. The molecule has 0 unspecified atom stereocenters. The third-order valence-electron chi connectivity index (χ3n) is 5.32. The number of fused-ring (bicyclic) bond motifs is 3. The monoisotopic (exact) mass is 471 g/mol. The lowest BCUT2D eigenvalue weighted by Crippen LogP contribution is -2.32. The van der Waals surface area contributed by atoms with Gasteiger partial charge in [0.2, 0.25) is 0 Å². The molecule has 1 aliphatic heterocycles. The van der Waals surface area contributed by atoms with Crippen molar-refractivity contribution >= 4 is 17.7 Å². The summed E-state index contributed by atoms with van der Waals surface area (Å²) in [6.07, 6.45) is -1.19. The number of hydrogen-bond donors (Lipinski definition) is 1. The lowest BCUT2D eigenvalue weighted by atomic mass is 10.0. The molecule has 3 heterocycles. The van der Waals surface area contributed by atoms with Gasteiger partial charge in [-0.1, -0.05) is 12.1 Å². The van der Waals surface area contributed by atoms with E-state index in [2.05, 4.69) is 16.9 Å². The summed E-state index contributed by atoms with van der Waals surface area (Å²) < 4.78 is 42.2. The summed E-state index contributed by atoms with van der Waals surface area (Å²) in [4.78, 5) is 30.8. The molecule has 1 aromatic carbocycles. The van der Waals surface area contributed by atoms with Crippen LogP contribution >= 0.6 is 11.8 Å².